The molecule has 0 bridgehead atoms. The molecule has 0 aromatic carbocycles. The highest BCUT2D eigenvalue weighted by molar-refractivity contribution is 5.94. The van der Waals surface area contributed by atoms with Crippen molar-refractivity contribution < 1.29 is 18.0 Å². The van der Waals surface area contributed by atoms with E-state index in [0.29, 0.717) is 32.0 Å². The van der Waals surface area contributed by atoms with Gasteiger partial charge in [-0.3, -0.25) is 9.69 Å². The maximum atomic E-state index is 13.3. The molecule has 2 N–H and O–H groups in total. The zero-order valence-corrected chi connectivity index (χ0v) is 16.2. The van der Waals surface area contributed by atoms with Crippen molar-refractivity contribution in [1.29, 1.82) is 0 Å². The van der Waals surface area contributed by atoms with Gasteiger partial charge < -0.3 is 15.5 Å². The standard InChI is InChI=1S/C15H22F3N5O.2ClH/c1-22(2)13-9-11(3-4-20-13)14(24)21-10-12(15(16,17)18)23-7-5-19-6-8-23;;/h3-4,9,12,19H,5-8,10H2,1-2H3,(H,21,24);2*1H. The van der Waals surface area contributed by atoms with E-state index in [0.717, 1.165) is 0 Å². The summed E-state index contributed by atoms with van der Waals surface area (Å²) in [7, 11) is 3.54. The Balaban J connectivity index is 0.00000312. The van der Waals surface area contributed by atoms with Crippen LogP contribution in [0.15, 0.2) is 18.3 Å². The summed E-state index contributed by atoms with van der Waals surface area (Å²) < 4.78 is 39.9. The van der Waals surface area contributed by atoms with E-state index in [-0.39, 0.29) is 30.4 Å². The van der Waals surface area contributed by atoms with Gasteiger partial charge >= 0.3 is 6.18 Å². The summed E-state index contributed by atoms with van der Waals surface area (Å²) in [6, 6.07) is 1.34. The first-order chi connectivity index (χ1) is 11.3. The molecule has 1 unspecified atom stereocenters. The van der Waals surface area contributed by atoms with E-state index in [4.69, 9.17) is 0 Å². The number of alkyl halides is 3. The van der Waals surface area contributed by atoms with E-state index >= 15 is 0 Å². The van der Waals surface area contributed by atoms with Gasteiger partial charge in [0, 0.05) is 58.6 Å². The summed E-state index contributed by atoms with van der Waals surface area (Å²) in [5.41, 5.74) is 0.287. The molecule has 1 amide bonds. The van der Waals surface area contributed by atoms with Crippen molar-refractivity contribution in [2.24, 2.45) is 0 Å². The van der Waals surface area contributed by atoms with E-state index in [2.05, 4.69) is 15.6 Å². The molecule has 0 spiro atoms. The molecule has 2 rings (SSSR count). The molecular weight excluding hydrogens is 394 g/mol. The predicted molar refractivity (Wildman–Crippen MR) is 99.7 cm³/mol. The van der Waals surface area contributed by atoms with Gasteiger partial charge in [-0.1, -0.05) is 0 Å². The number of anilines is 1. The number of aromatic nitrogens is 1. The SMILES string of the molecule is CN(C)c1cc(C(=O)NCC(N2CCNCC2)C(F)(F)F)ccn1.Cl.Cl. The van der Waals surface area contributed by atoms with Gasteiger partial charge in [0.15, 0.2) is 0 Å². The van der Waals surface area contributed by atoms with Crippen LogP contribution in [-0.4, -0.2) is 74.8 Å². The van der Waals surface area contributed by atoms with Gasteiger partial charge in [-0.15, -0.1) is 24.8 Å². The number of carbonyl (C=O) groups excluding carboxylic acids is 1. The van der Waals surface area contributed by atoms with E-state index in [1.165, 1.54) is 17.2 Å². The third kappa shape index (κ3) is 6.79. The Kier molecular flexibility index (Phi) is 10.2. The molecular formula is C15H24Cl2F3N5O. The Labute approximate surface area is 163 Å². The highest BCUT2D eigenvalue weighted by Gasteiger charge is 2.43. The molecule has 2 heterocycles. The van der Waals surface area contributed by atoms with Crippen molar-refractivity contribution >= 4 is 36.5 Å². The molecule has 150 valence electrons. The molecule has 0 radical (unpaired) electrons. The second-order valence-corrected chi connectivity index (χ2v) is 5.85. The number of pyridine rings is 1. The van der Waals surface area contributed by atoms with Crippen LogP contribution >= 0.6 is 24.8 Å². The van der Waals surface area contributed by atoms with Crippen LogP contribution in [0.25, 0.3) is 0 Å². The smallest absolute Gasteiger partial charge is 0.363 e. The zero-order chi connectivity index (χ0) is 17.7. The van der Waals surface area contributed by atoms with Crippen molar-refractivity contribution in [3.63, 3.8) is 0 Å². The molecule has 11 heteroatoms. The molecule has 6 nitrogen and oxygen atoms in total. The summed E-state index contributed by atoms with van der Waals surface area (Å²) in [5, 5.41) is 5.42. The van der Waals surface area contributed by atoms with Crippen LogP contribution in [0.2, 0.25) is 0 Å². The summed E-state index contributed by atoms with van der Waals surface area (Å²) in [4.78, 5) is 19.3. The minimum Gasteiger partial charge on any atom is -0.363 e. The molecule has 0 aliphatic carbocycles. The van der Waals surface area contributed by atoms with Gasteiger partial charge in [0.2, 0.25) is 0 Å². The highest BCUT2D eigenvalue weighted by atomic mass is 35.5. The lowest BCUT2D eigenvalue weighted by Gasteiger charge is -2.35. The Hall–Kier alpha value is -1.29. The van der Waals surface area contributed by atoms with Crippen molar-refractivity contribution in [2.45, 2.75) is 12.2 Å². The average Bonchev–Trinajstić information content (AvgIpc) is 2.54. The number of piperazine rings is 1. The van der Waals surface area contributed by atoms with Crippen LogP contribution in [0.1, 0.15) is 10.4 Å². The molecule has 1 aromatic rings. The highest BCUT2D eigenvalue weighted by Crippen LogP contribution is 2.25. The number of hydrogen-bond acceptors (Lipinski definition) is 5. The molecule has 1 saturated heterocycles. The fourth-order valence-corrected chi connectivity index (χ4v) is 2.54. The van der Waals surface area contributed by atoms with Gasteiger partial charge in [0.05, 0.1) is 0 Å². The van der Waals surface area contributed by atoms with Crippen LogP contribution in [0.4, 0.5) is 19.0 Å². The molecule has 1 atom stereocenters. The monoisotopic (exact) mass is 417 g/mol. The second-order valence-electron chi connectivity index (χ2n) is 5.85. The number of hydrogen-bond donors (Lipinski definition) is 2. The number of halogens is 5. The lowest BCUT2D eigenvalue weighted by atomic mass is 10.2. The van der Waals surface area contributed by atoms with Crippen molar-refractivity contribution in [3.05, 3.63) is 23.9 Å². The number of rotatable bonds is 5. The van der Waals surface area contributed by atoms with Crippen LogP contribution < -0.4 is 15.5 Å². The Morgan fingerprint density at radius 2 is 1.96 bits per heavy atom. The molecule has 1 aromatic heterocycles. The number of amides is 1. The molecule has 0 saturated carbocycles. The van der Waals surface area contributed by atoms with Crippen molar-refractivity contribution in [1.82, 2.24) is 20.5 Å². The van der Waals surface area contributed by atoms with Gasteiger partial charge in [-0.25, -0.2) is 4.98 Å². The van der Waals surface area contributed by atoms with Crippen LogP contribution in [0, 0.1) is 0 Å². The third-order valence-corrected chi connectivity index (χ3v) is 3.89. The Morgan fingerprint density at radius 3 is 2.50 bits per heavy atom. The first-order valence-electron chi connectivity index (χ1n) is 7.72. The fraction of sp³-hybridized carbons (Fsp3) is 0.600. The quantitative estimate of drug-likeness (QED) is 0.760. The minimum atomic E-state index is -4.39. The number of nitrogens with one attached hydrogen (secondary N) is 2. The molecule has 1 aliphatic rings. The van der Waals surface area contributed by atoms with E-state index in [1.807, 2.05) is 0 Å². The fourth-order valence-electron chi connectivity index (χ4n) is 2.54. The summed E-state index contributed by atoms with van der Waals surface area (Å²) in [6.45, 7) is 1.16. The molecule has 26 heavy (non-hydrogen) atoms. The maximum absolute atomic E-state index is 13.3. The maximum Gasteiger partial charge on any atom is 0.405 e. The van der Waals surface area contributed by atoms with Gasteiger partial charge in [0.1, 0.15) is 11.9 Å². The Bertz CT molecular complexity index is 568. The van der Waals surface area contributed by atoms with Gasteiger partial charge in [0.25, 0.3) is 5.91 Å². The average molecular weight is 418 g/mol. The van der Waals surface area contributed by atoms with E-state index in [9.17, 15) is 18.0 Å². The Morgan fingerprint density at radius 1 is 1.35 bits per heavy atom. The number of nitrogens with zero attached hydrogens (tertiary/aromatic N) is 3. The van der Waals surface area contributed by atoms with E-state index < -0.39 is 24.7 Å². The summed E-state index contributed by atoms with van der Waals surface area (Å²) >= 11 is 0. The van der Waals surface area contributed by atoms with Crippen molar-refractivity contribution in [2.75, 3.05) is 51.7 Å². The third-order valence-electron chi connectivity index (χ3n) is 3.89. The van der Waals surface area contributed by atoms with Gasteiger partial charge in [-0.2, -0.15) is 13.2 Å². The van der Waals surface area contributed by atoms with Crippen molar-refractivity contribution in [3.8, 4) is 0 Å². The predicted octanol–water partition coefficient (Wildman–Crippen LogP) is 1.56. The molecule has 1 aliphatic heterocycles. The second kappa shape index (κ2) is 10.8. The normalized spacial score (nSPS) is 16.0. The van der Waals surface area contributed by atoms with Crippen LogP contribution in [-0.2, 0) is 0 Å². The lowest BCUT2D eigenvalue weighted by molar-refractivity contribution is -0.183. The van der Waals surface area contributed by atoms with Gasteiger partial charge in [-0.05, 0) is 12.1 Å². The largest absolute Gasteiger partial charge is 0.405 e. The first kappa shape index (κ1) is 24.7. The topological polar surface area (TPSA) is 60.5 Å². The summed E-state index contributed by atoms with van der Waals surface area (Å²) in [5.74, 6) is 0.0296. The lowest BCUT2D eigenvalue weighted by Crippen LogP contribution is -2.57. The zero-order valence-electron chi connectivity index (χ0n) is 14.5. The minimum absolute atomic E-state index is 0. The van der Waals surface area contributed by atoms with E-state index in [1.54, 1.807) is 25.1 Å². The molecule has 1 fully saturated rings. The van der Waals surface area contributed by atoms with Crippen LogP contribution in [0.3, 0.4) is 0 Å². The first-order valence-corrected chi connectivity index (χ1v) is 7.72. The summed E-state index contributed by atoms with van der Waals surface area (Å²) in [6.07, 6.45) is -2.93. The number of carbonyl (C=O) groups is 1. The van der Waals surface area contributed by atoms with Crippen LogP contribution in [0.5, 0.6) is 0 Å².